The van der Waals surface area contributed by atoms with Gasteiger partial charge in [0.05, 0.1) is 17.9 Å². The van der Waals surface area contributed by atoms with Gasteiger partial charge >= 0.3 is 0 Å². The van der Waals surface area contributed by atoms with E-state index in [9.17, 15) is 4.91 Å². The number of aliphatic imine (C=N–C) groups is 1. The summed E-state index contributed by atoms with van der Waals surface area (Å²) >= 11 is 0. The summed E-state index contributed by atoms with van der Waals surface area (Å²) in [5.41, 5.74) is 1.07. The Labute approximate surface area is 117 Å². The molecule has 0 aliphatic carbocycles. The van der Waals surface area contributed by atoms with Crippen molar-refractivity contribution in [2.24, 2.45) is 16.2 Å². The maximum atomic E-state index is 10.8. The number of fused-ring (bicyclic) bond motifs is 1. The molecular formula is C13H18N6O. The lowest BCUT2D eigenvalue weighted by atomic mass is 9.93. The molecule has 0 N–H and O–H groups in total. The van der Waals surface area contributed by atoms with Crippen molar-refractivity contribution in [3.63, 3.8) is 0 Å². The van der Waals surface area contributed by atoms with E-state index in [0.29, 0.717) is 12.5 Å². The average Bonchev–Trinajstić information content (AvgIpc) is 2.95. The zero-order chi connectivity index (χ0) is 14.1. The maximum absolute atomic E-state index is 10.8. The lowest BCUT2D eigenvalue weighted by Crippen LogP contribution is -2.49. The van der Waals surface area contributed by atoms with Crippen LogP contribution < -0.4 is 4.90 Å². The van der Waals surface area contributed by atoms with Crippen molar-refractivity contribution >= 4 is 17.9 Å². The highest BCUT2D eigenvalue weighted by Gasteiger charge is 2.31. The van der Waals surface area contributed by atoms with E-state index in [-0.39, 0.29) is 6.04 Å². The molecule has 1 aromatic rings. The van der Waals surface area contributed by atoms with Gasteiger partial charge in [0.1, 0.15) is 12.1 Å². The average molecular weight is 274 g/mol. The molecule has 1 fully saturated rings. The van der Waals surface area contributed by atoms with E-state index in [2.05, 4.69) is 32.1 Å². The van der Waals surface area contributed by atoms with Crippen LogP contribution in [0, 0.1) is 10.8 Å². The molecule has 1 saturated heterocycles. The van der Waals surface area contributed by atoms with Gasteiger partial charge in [-0.05, 0) is 12.3 Å². The van der Waals surface area contributed by atoms with Gasteiger partial charge in [0.2, 0.25) is 0 Å². The summed E-state index contributed by atoms with van der Waals surface area (Å²) in [5.74, 6) is 2.17. The highest BCUT2D eigenvalue weighted by atomic mass is 16.3. The molecule has 3 heterocycles. The molecule has 0 spiro atoms. The molecule has 3 rings (SSSR count). The van der Waals surface area contributed by atoms with Crippen LogP contribution in [0.25, 0.3) is 0 Å². The molecule has 0 amide bonds. The van der Waals surface area contributed by atoms with E-state index >= 15 is 0 Å². The summed E-state index contributed by atoms with van der Waals surface area (Å²) in [6, 6.07) is 0.223. The Kier molecular flexibility index (Phi) is 3.33. The Balaban J connectivity index is 1.87. The lowest BCUT2D eigenvalue weighted by molar-refractivity contribution is 0.169. The summed E-state index contributed by atoms with van der Waals surface area (Å²) in [6.45, 7) is 3.59. The van der Waals surface area contributed by atoms with Crippen molar-refractivity contribution in [3.8, 4) is 0 Å². The van der Waals surface area contributed by atoms with Crippen molar-refractivity contribution in [1.29, 1.82) is 0 Å². The molecule has 2 aliphatic rings. The third-order valence-electron chi connectivity index (χ3n) is 4.25. The maximum Gasteiger partial charge on any atom is 0.160 e. The second kappa shape index (κ2) is 5.15. The fraction of sp³-hybridized carbons (Fsp3) is 0.615. The number of piperidine rings is 1. The Bertz CT molecular complexity index is 546. The van der Waals surface area contributed by atoms with Gasteiger partial charge in [-0.3, -0.25) is 5.01 Å². The van der Waals surface area contributed by atoms with E-state index in [1.807, 2.05) is 13.3 Å². The predicted molar refractivity (Wildman–Crippen MR) is 77.2 cm³/mol. The minimum atomic E-state index is 0.223. The third-order valence-corrected chi connectivity index (χ3v) is 4.25. The van der Waals surface area contributed by atoms with Crippen LogP contribution in [0.1, 0.15) is 18.9 Å². The first-order valence-corrected chi connectivity index (χ1v) is 6.88. The first-order chi connectivity index (χ1) is 9.70. The number of hydrogen-bond donors (Lipinski definition) is 0. The standard InChI is InChI=1S/C13H18N6O/c1-9-4-6-19(17-20)7-11(9)18(2)13-10-3-5-14-12(10)15-8-16-13/h5,8-9,11H,3-4,6-7H2,1-2H3/t9-,11+/m1/s1. The quantitative estimate of drug-likeness (QED) is 0.782. The number of nitroso groups, excluding NO2 is 1. The molecule has 0 saturated carbocycles. The van der Waals surface area contributed by atoms with E-state index in [1.54, 1.807) is 11.3 Å². The second-order valence-electron chi connectivity index (χ2n) is 5.45. The van der Waals surface area contributed by atoms with Gasteiger partial charge in [-0.25, -0.2) is 15.0 Å². The highest BCUT2D eigenvalue weighted by molar-refractivity contribution is 5.78. The summed E-state index contributed by atoms with van der Waals surface area (Å²) in [4.78, 5) is 25.8. The van der Waals surface area contributed by atoms with E-state index in [1.165, 1.54) is 0 Å². The van der Waals surface area contributed by atoms with Gasteiger partial charge < -0.3 is 4.90 Å². The SMILES string of the molecule is C[C@@H]1CCN(N=O)C[C@@H]1N(C)c1ncnc2c1CC=N2. The number of anilines is 1. The van der Waals surface area contributed by atoms with Crippen molar-refractivity contribution in [1.82, 2.24) is 15.0 Å². The largest absolute Gasteiger partial charge is 0.354 e. The van der Waals surface area contributed by atoms with Gasteiger partial charge in [0.25, 0.3) is 0 Å². The first kappa shape index (κ1) is 13.0. The molecule has 2 atom stereocenters. The smallest absolute Gasteiger partial charge is 0.160 e. The minimum absolute atomic E-state index is 0.223. The molecule has 0 radical (unpaired) electrons. The number of rotatable bonds is 3. The zero-order valence-corrected chi connectivity index (χ0v) is 11.7. The molecule has 7 nitrogen and oxygen atoms in total. The monoisotopic (exact) mass is 274 g/mol. The van der Waals surface area contributed by atoms with Crippen LogP contribution in [0.2, 0.25) is 0 Å². The van der Waals surface area contributed by atoms with Crippen LogP contribution in [0.4, 0.5) is 11.6 Å². The molecule has 20 heavy (non-hydrogen) atoms. The molecule has 7 heteroatoms. The predicted octanol–water partition coefficient (Wildman–Crippen LogP) is 1.56. The number of likely N-dealkylation sites (N-methyl/N-ethyl adjacent to an activating group) is 1. The number of hydrogen-bond acceptors (Lipinski definition) is 6. The van der Waals surface area contributed by atoms with Crippen molar-refractivity contribution < 1.29 is 0 Å². The first-order valence-electron chi connectivity index (χ1n) is 6.88. The molecule has 2 aliphatic heterocycles. The van der Waals surface area contributed by atoms with Gasteiger partial charge in [-0.15, -0.1) is 4.91 Å². The van der Waals surface area contributed by atoms with Crippen LogP contribution in [0.3, 0.4) is 0 Å². The zero-order valence-electron chi connectivity index (χ0n) is 11.7. The number of aromatic nitrogens is 2. The lowest BCUT2D eigenvalue weighted by Gasteiger charge is -2.40. The van der Waals surface area contributed by atoms with Crippen molar-refractivity contribution in [2.75, 3.05) is 25.0 Å². The Hall–Kier alpha value is -2.05. The van der Waals surface area contributed by atoms with E-state index in [0.717, 1.165) is 36.6 Å². The molecule has 1 aromatic heterocycles. The minimum Gasteiger partial charge on any atom is -0.354 e. The Morgan fingerprint density at radius 2 is 2.30 bits per heavy atom. The topological polar surface area (TPSA) is 74.1 Å². The molecule has 0 aromatic carbocycles. The van der Waals surface area contributed by atoms with E-state index in [4.69, 9.17) is 0 Å². The van der Waals surface area contributed by atoms with Crippen LogP contribution in [-0.2, 0) is 6.42 Å². The molecule has 0 bridgehead atoms. The fourth-order valence-electron chi connectivity index (χ4n) is 2.98. The van der Waals surface area contributed by atoms with Gasteiger partial charge in [-0.1, -0.05) is 6.92 Å². The van der Waals surface area contributed by atoms with Crippen LogP contribution in [0.5, 0.6) is 0 Å². The van der Waals surface area contributed by atoms with E-state index < -0.39 is 0 Å². The summed E-state index contributed by atoms with van der Waals surface area (Å²) in [5, 5.41) is 4.68. The third kappa shape index (κ3) is 2.13. The van der Waals surface area contributed by atoms with Gasteiger partial charge in [-0.2, -0.15) is 0 Å². The number of nitrogens with zero attached hydrogens (tertiary/aromatic N) is 6. The summed E-state index contributed by atoms with van der Waals surface area (Å²) in [7, 11) is 2.02. The highest BCUT2D eigenvalue weighted by Crippen LogP contribution is 2.32. The van der Waals surface area contributed by atoms with Crippen LogP contribution in [-0.4, -0.2) is 47.4 Å². The normalized spacial score (nSPS) is 24.6. The summed E-state index contributed by atoms with van der Waals surface area (Å²) < 4.78 is 0. The molecule has 0 unspecified atom stereocenters. The summed E-state index contributed by atoms with van der Waals surface area (Å²) in [6.07, 6.45) is 5.15. The van der Waals surface area contributed by atoms with Crippen molar-refractivity contribution in [3.05, 3.63) is 16.8 Å². The van der Waals surface area contributed by atoms with Gasteiger partial charge in [0.15, 0.2) is 5.82 Å². The van der Waals surface area contributed by atoms with Gasteiger partial charge in [0, 0.05) is 31.8 Å². The fourth-order valence-corrected chi connectivity index (χ4v) is 2.98. The van der Waals surface area contributed by atoms with Crippen LogP contribution >= 0.6 is 0 Å². The molecule has 106 valence electrons. The van der Waals surface area contributed by atoms with Crippen molar-refractivity contribution in [2.45, 2.75) is 25.8 Å². The molecular weight excluding hydrogens is 256 g/mol. The van der Waals surface area contributed by atoms with Crippen LogP contribution in [0.15, 0.2) is 16.6 Å². The Morgan fingerprint density at radius 1 is 1.45 bits per heavy atom. The second-order valence-corrected chi connectivity index (χ2v) is 5.45. The Morgan fingerprint density at radius 3 is 3.10 bits per heavy atom.